The van der Waals surface area contributed by atoms with Crippen LogP contribution in [0.15, 0.2) is 29.6 Å². The first-order valence-electron chi connectivity index (χ1n) is 9.10. The van der Waals surface area contributed by atoms with E-state index in [1.54, 1.807) is 19.5 Å². The van der Waals surface area contributed by atoms with E-state index in [0.29, 0.717) is 6.54 Å². The molecule has 0 amide bonds. The topological polar surface area (TPSA) is 78.8 Å². The Hall–Kier alpha value is -2.90. The molecule has 1 aliphatic rings. The number of aromatic nitrogens is 3. The van der Waals surface area contributed by atoms with E-state index >= 15 is 0 Å². The number of aliphatic imine (C=N–C) groups is 1. The highest BCUT2D eigenvalue weighted by Gasteiger charge is 2.21. The van der Waals surface area contributed by atoms with Crippen LogP contribution in [-0.2, 0) is 6.54 Å². The second-order valence-corrected chi connectivity index (χ2v) is 6.47. The van der Waals surface area contributed by atoms with Gasteiger partial charge < -0.3 is 19.9 Å². The fourth-order valence-corrected chi connectivity index (χ4v) is 3.32. The first kappa shape index (κ1) is 18.9. The highest BCUT2D eigenvalue weighted by Crippen LogP contribution is 2.23. The Morgan fingerprint density at radius 2 is 1.85 bits per heavy atom. The molecule has 3 rings (SSSR count). The summed E-state index contributed by atoms with van der Waals surface area (Å²) in [5.41, 5.74) is 3.07. The van der Waals surface area contributed by atoms with Crippen LogP contribution in [0.1, 0.15) is 16.8 Å². The average Bonchev–Trinajstić information content (AvgIpc) is 2.71. The lowest BCUT2D eigenvalue weighted by molar-refractivity contribution is 0.369. The third-order valence-corrected chi connectivity index (χ3v) is 4.79. The number of hydrogen-bond donors (Lipinski definition) is 1. The van der Waals surface area contributed by atoms with Gasteiger partial charge in [0.25, 0.3) is 0 Å². The summed E-state index contributed by atoms with van der Waals surface area (Å²) < 4.78 is 5.49. The normalized spacial score (nSPS) is 15.0. The minimum Gasteiger partial charge on any atom is -0.496 e. The Morgan fingerprint density at radius 3 is 2.48 bits per heavy atom. The largest absolute Gasteiger partial charge is 0.496 e. The molecular weight excluding hydrogens is 342 g/mol. The first-order valence-corrected chi connectivity index (χ1v) is 9.10. The highest BCUT2D eigenvalue weighted by molar-refractivity contribution is 5.80. The lowest BCUT2D eigenvalue weighted by atomic mass is 10.1. The van der Waals surface area contributed by atoms with E-state index < -0.39 is 0 Å². The molecule has 0 atom stereocenters. The van der Waals surface area contributed by atoms with Gasteiger partial charge in [0, 0.05) is 62.9 Å². The van der Waals surface area contributed by atoms with Gasteiger partial charge in [0.2, 0.25) is 5.95 Å². The van der Waals surface area contributed by atoms with Crippen molar-refractivity contribution in [2.45, 2.75) is 20.4 Å². The number of ether oxygens (including phenoxy) is 1. The SMILES string of the molecule is CN=C(NCc1ncc(C)c(OC)c1C)N1CCN(c2ncccn2)CC1. The zero-order chi connectivity index (χ0) is 19.2. The molecular formula is C19H27N7O. The maximum Gasteiger partial charge on any atom is 0.225 e. The smallest absolute Gasteiger partial charge is 0.225 e. The van der Waals surface area contributed by atoms with Crippen molar-refractivity contribution in [3.8, 4) is 5.75 Å². The van der Waals surface area contributed by atoms with E-state index in [1.165, 1.54) is 0 Å². The van der Waals surface area contributed by atoms with E-state index in [9.17, 15) is 0 Å². The van der Waals surface area contributed by atoms with Gasteiger partial charge in [-0.25, -0.2) is 9.97 Å². The molecule has 1 N–H and O–H groups in total. The van der Waals surface area contributed by atoms with Crippen LogP contribution in [0.3, 0.4) is 0 Å². The van der Waals surface area contributed by atoms with Gasteiger partial charge in [-0.3, -0.25) is 9.98 Å². The number of guanidine groups is 1. The molecule has 1 aliphatic heterocycles. The molecule has 0 spiro atoms. The van der Waals surface area contributed by atoms with Gasteiger partial charge in [0.1, 0.15) is 5.75 Å². The molecule has 8 heteroatoms. The molecule has 1 fully saturated rings. The van der Waals surface area contributed by atoms with Crippen molar-refractivity contribution in [2.24, 2.45) is 4.99 Å². The van der Waals surface area contributed by atoms with E-state index in [1.807, 2.05) is 33.2 Å². The van der Waals surface area contributed by atoms with Crippen molar-refractivity contribution in [3.63, 3.8) is 0 Å². The van der Waals surface area contributed by atoms with Crippen molar-refractivity contribution < 1.29 is 4.74 Å². The predicted molar refractivity (Wildman–Crippen MR) is 106 cm³/mol. The van der Waals surface area contributed by atoms with Gasteiger partial charge >= 0.3 is 0 Å². The summed E-state index contributed by atoms with van der Waals surface area (Å²) in [6.07, 6.45) is 5.41. The van der Waals surface area contributed by atoms with E-state index in [2.05, 4.69) is 35.1 Å². The average molecular weight is 369 g/mol. The van der Waals surface area contributed by atoms with E-state index in [0.717, 1.165) is 60.7 Å². The third-order valence-electron chi connectivity index (χ3n) is 4.79. The standard InChI is InChI=1S/C19H27N7O/c1-14-12-23-16(15(2)17(14)27-4)13-24-18(20-3)25-8-10-26(11-9-25)19-21-6-5-7-22-19/h5-7,12H,8-11,13H2,1-4H3,(H,20,24). The van der Waals surface area contributed by atoms with Crippen LogP contribution in [0.5, 0.6) is 5.75 Å². The van der Waals surface area contributed by atoms with Crippen LogP contribution in [-0.4, -0.2) is 66.1 Å². The van der Waals surface area contributed by atoms with Crippen molar-refractivity contribution in [2.75, 3.05) is 45.2 Å². The van der Waals surface area contributed by atoms with Crippen LogP contribution >= 0.6 is 0 Å². The summed E-state index contributed by atoms with van der Waals surface area (Å²) in [6, 6.07) is 1.83. The van der Waals surface area contributed by atoms with Crippen LogP contribution in [0.4, 0.5) is 5.95 Å². The quantitative estimate of drug-likeness (QED) is 0.644. The molecule has 0 aromatic carbocycles. The van der Waals surface area contributed by atoms with Crippen molar-refractivity contribution in [3.05, 3.63) is 41.5 Å². The summed E-state index contributed by atoms with van der Waals surface area (Å²) in [6.45, 7) is 8.10. The molecule has 1 saturated heterocycles. The summed E-state index contributed by atoms with van der Waals surface area (Å²) in [7, 11) is 3.51. The number of hydrogen-bond acceptors (Lipinski definition) is 6. The minimum absolute atomic E-state index is 0.608. The van der Waals surface area contributed by atoms with Gasteiger partial charge in [0.05, 0.1) is 19.3 Å². The van der Waals surface area contributed by atoms with E-state index in [4.69, 9.17) is 4.74 Å². The van der Waals surface area contributed by atoms with E-state index in [-0.39, 0.29) is 0 Å². The molecule has 0 unspecified atom stereocenters. The van der Waals surface area contributed by atoms with Crippen molar-refractivity contribution in [1.29, 1.82) is 0 Å². The molecule has 27 heavy (non-hydrogen) atoms. The Balaban J connectivity index is 1.59. The van der Waals surface area contributed by atoms with Gasteiger partial charge in [-0.1, -0.05) is 0 Å². The fourth-order valence-electron chi connectivity index (χ4n) is 3.32. The molecule has 8 nitrogen and oxygen atoms in total. The number of nitrogens with zero attached hydrogens (tertiary/aromatic N) is 6. The number of aryl methyl sites for hydroxylation is 1. The Kier molecular flexibility index (Phi) is 6.05. The lowest BCUT2D eigenvalue weighted by Gasteiger charge is -2.36. The summed E-state index contributed by atoms with van der Waals surface area (Å²) in [5.74, 6) is 2.56. The number of methoxy groups -OCH3 is 1. The number of nitrogens with one attached hydrogen (secondary N) is 1. The molecule has 0 saturated carbocycles. The molecule has 0 bridgehead atoms. The zero-order valence-corrected chi connectivity index (χ0v) is 16.4. The highest BCUT2D eigenvalue weighted by atomic mass is 16.5. The van der Waals surface area contributed by atoms with Crippen LogP contribution < -0.4 is 15.0 Å². The Labute approximate surface area is 160 Å². The Bertz CT molecular complexity index is 786. The molecule has 144 valence electrons. The van der Waals surface area contributed by atoms with Gasteiger partial charge in [0.15, 0.2) is 5.96 Å². The third kappa shape index (κ3) is 4.27. The van der Waals surface area contributed by atoms with Crippen molar-refractivity contribution >= 4 is 11.9 Å². The first-order chi connectivity index (χ1) is 13.1. The summed E-state index contributed by atoms with van der Waals surface area (Å²) >= 11 is 0. The Morgan fingerprint density at radius 1 is 1.15 bits per heavy atom. The number of rotatable bonds is 4. The summed E-state index contributed by atoms with van der Waals surface area (Å²) in [4.78, 5) is 22.1. The summed E-state index contributed by atoms with van der Waals surface area (Å²) in [5, 5.41) is 3.43. The van der Waals surface area contributed by atoms with Crippen molar-refractivity contribution in [1.82, 2.24) is 25.2 Å². The van der Waals surface area contributed by atoms with Gasteiger partial charge in [-0.05, 0) is 19.9 Å². The second kappa shape index (κ2) is 8.66. The zero-order valence-electron chi connectivity index (χ0n) is 16.4. The van der Waals surface area contributed by atoms with Crippen LogP contribution in [0.25, 0.3) is 0 Å². The lowest BCUT2D eigenvalue weighted by Crippen LogP contribution is -2.52. The molecule has 0 aliphatic carbocycles. The fraction of sp³-hybridized carbons (Fsp3) is 0.474. The molecule has 2 aromatic rings. The second-order valence-electron chi connectivity index (χ2n) is 6.47. The minimum atomic E-state index is 0.608. The molecule has 2 aromatic heterocycles. The number of anilines is 1. The monoisotopic (exact) mass is 369 g/mol. The predicted octanol–water partition coefficient (Wildman–Crippen LogP) is 1.39. The molecule has 3 heterocycles. The number of pyridine rings is 1. The molecule has 0 radical (unpaired) electrons. The maximum atomic E-state index is 5.49. The van der Waals surface area contributed by atoms with Gasteiger partial charge in [-0.15, -0.1) is 0 Å². The van der Waals surface area contributed by atoms with Crippen LogP contribution in [0.2, 0.25) is 0 Å². The maximum absolute atomic E-state index is 5.49. The van der Waals surface area contributed by atoms with Gasteiger partial charge in [-0.2, -0.15) is 0 Å². The number of piperazine rings is 1. The van der Waals surface area contributed by atoms with Crippen LogP contribution in [0, 0.1) is 13.8 Å².